The van der Waals surface area contributed by atoms with Gasteiger partial charge in [0, 0.05) is 27.8 Å². The minimum atomic E-state index is -0.435. The Balaban J connectivity index is 1.01. The summed E-state index contributed by atoms with van der Waals surface area (Å²) in [5, 5.41) is 2.25. The van der Waals surface area contributed by atoms with Crippen LogP contribution in [0.25, 0.3) is 66.4 Å². The normalized spacial score (nSPS) is 12.6. The molecule has 11 aromatic rings. The fraction of sp³-hybridized carbons (Fsp3) is 0.0164. The van der Waals surface area contributed by atoms with E-state index in [9.17, 15) is 0 Å². The summed E-state index contributed by atoms with van der Waals surface area (Å²) in [5.41, 5.74) is 19.3. The van der Waals surface area contributed by atoms with Crippen LogP contribution in [0.1, 0.15) is 22.3 Å². The molecule has 0 unspecified atom stereocenters. The van der Waals surface area contributed by atoms with Gasteiger partial charge in [-0.15, -0.1) is 0 Å². The van der Waals surface area contributed by atoms with Crippen molar-refractivity contribution in [2.45, 2.75) is 5.41 Å². The van der Waals surface area contributed by atoms with Crippen LogP contribution in [0, 0.1) is 0 Å². The van der Waals surface area contributed by atoms with Crippen molar-refractivity contribution in [1.29, 1.82) is 0 Å². The Morgan fingerprint density at radius 2 is 0.810 bits per heavy atom. The van der Waals surface area contributed by atoms with E-state index in [-0.39, 0.29) is 0 Å². The number of hydrogen-bond donors (Lipinski definition) is 0. The lowest BCUT2D eigenvalue weighted by atomic mass is 9.67. The first-order valence-corrected chi connectivity index (χ1v) is 21.7. The number of para-hydroxylation sites is 1. The molecule has 1 aliphatic carbocycles. The minimum Gasteiger partial charge on any atom is -0.456 e. The molecule has 2 nitrogen and oxygen atoms in total. The third-order valence-electron chi connectivity index (χ3n) is 12.9. The fourth-order valence-corrected chi connectivity index (χ4v) is 10.2. The average Bonchev–Trinajstić information content (AvgIpc) is 3.89. The maximum absolute atomic E-state index is 6.33. The van der Waals surface area contributed by atoms with Crippen molar-refractivity contribution in [1.82, 2.24) is 0 Å². The SMILES string of the molecule is c1ccc(-c2ccc(N(c3cccc(-c4ccc5c(c4)-c4ccccc4C5(c4ccccc4)c4ccccc4)c3)c3cccc(-c4cccc5oc6ccccc6c45)c3)cc2)cc1. The topological polar surface area (TPSA) is 16.4 Å². The Bertz CT molecular complexity index is 3400. The molecule has 0 N–H and O–H groups in total. The van der Waals surface area contributed by atoms with E-state index in [2.05, 4.69) is 241 Å². The van der Waals surface area contributed by atoms with E-state index in [1.54, 1.807) is 0 Å². The zero-order chi connectivity index (χ0) is 41.7. The molecule has 296 valence electrons. The van der Waals surface area contributed by atoms with Crippen LogP contribution >= 0.6 is 0 Å². The van der Waals surface area contributed by atoms with E-state index in [1.165, 1.54) is 50.1 Å². The second-order valence-electron chi connectivity index (χ2n) is 16.4. The summed E-state index contributed by atoms with van der Waals surface area (Å²) in [4.78, 5) is 2.38. The number of rotatable bonds is 8. The van der Waals surface area contributed by atoms with Gasteiger partial charge in [-0.25, -0.2) is 0 Å². The van der Waals surface area contributed by atoms with Crippen LogP contribution in [0.2, 0.25) is 0 Å². The molecule has 0 saturated carbocycles. The predicted octanol–water partition coefficient (Wildman–Crippen LogP) is 16.4. The molecule has 0 saturated heterocycles. The molecule has 2 heteroatoms. The van der Waals surface area contributed by atoms with Crippen LogP contribution in [0.4, 0.5) is 17.1 Å². The van der Waals surface area contributed by atoms with Crippen molar-refractivity contribution in [3.8, 4) is 44.5 Å². The van der Waals surface area contributed by atoms with Gasteiger partial charge in [0.15, 0.2) is 0 Å². The van der Waals surface area contributed by atoms with E-state index >= 15 is 0 Å². The van der Waals surface area contributed by atoms with Gasteiger partial charge in [0.05, 0.1) is 5.41 Å². The van der Waals surface area contributed by atoms with Crippen LogP contribution in [-0.4, -0.2) is 0 Å². The highest BCUT2D eigenvalue weighted by atomic mass is 16.3. The number of anilines is 3. The van der Waals surface area contributed by atoms with Crippen LogP contribution in [0.5, 0.6) is 0 Å². The van der Waals surface area contributed by atoms with E-state index in [0.29, 0.717) is 0 Å². The molecule has 0 fully saturated rings. The molecule has 0 aliphatic heterocycles. The second kappa shape index (κ2) is 15.1. The molecular formula is C61H41NO. The Kier molecular flexibility index (Phi) is 8.76. The zero-order valence-corrected chi connectivity index (χ0v) is 34.5. The lowest BCUT2D eigenvalue weighted by molar-refractivity contribution is 0.669. The van der Waals surface area contributed by atoms with Gasteiger partial charge in [0.2, 0.25) is 0 Å². The highest BCUT2D eigenvalue weighted by Gasteiger charge is 2.46. The van der Waals surface area contributed by atoms with Crippen molar-refractivity contribution >= 4 is 39.0 Å². The molecular weight excluding hydrogens is 763 g/mol. The monoisotopic (exact) mass is 803 g/mol. The van der Waals surface area contributed by atoms with E-state index in [4.69, 9.17) is 4.42 Å². The Morgan fingerprint density at radius 1 is 0.302 bits per heavy atom. The number of fused-ring (bicyclic) bond motifs is 6. The maximum atomic E-state index is 6.33. The van der Waals surface area contributed by atoms with E-state index in [0.717, 1.165) is 55.7 Å². The van der Waals surface area contributed by atoms with E-state index in [1.807, 2.05) is 12.1 Å². The van der Waals surface area contributed by atoms with Crippen LogP contribution in [0.15, 0.2) is 253 Å². The summed E-state index contributed by atoms with van der Waals surface area (Å²) < 4.78 is 6.33. The summed E-state index contributed by atoms with van der Waals surface area (Å²) in [7, 11) is 0. The van der Waals surface area contributed by atoms with Gasteiger partial charge < -0.3 is 9.32 Å². The van der Waals surface area contributed by atoms with Crippen LogP contribution in [-0.2, 0) is 5.41 Å². The molecule has 1 heterocycles. The van der Waals surface area contributed by atoms with Gasteiger partial charge in [-0.05, 0) is 121 Å². The zero-order valence-electron chi connectivity index (χ0n) is 34.5. The minimum absolute atomic E-state index is 0.435. The molecule has 0 atom stereocenters. The first-order valence-electron chi connectivity index (χ1n) is 21.7. The quantitative estimate of drug-likeness (QED) is 0.152. The van der Waals surface area contributed by atoms with Crippen LogP contribution in [0.3, 0.4) is 0 Å². The Morgan fingerprint density at radius 3 is 1.56 bits per heavy atom. The lowest BCUT2D eigenvalue weighted by Gasteiger charge is -2.33. The molecule has 0 bridgehead atoms. The summed E-state index contributed by atoms with van der Waals surface area (Å²) in [6, 6.07) is 90.2. The van der Waals surface area contributed by atoms with Gasteiger partial charge in [0.1, 0.15) is 11.2 Å². The molecule has 10 aromatic carbocycles. The van der Waals surface area contributed by atoms with Gasteiger partial charge >= 0.3 is 0 Å². The van der Waals surface area contributed by atoms with Crippen molar-refractivity contribution in [2.24, 2.45) is 0 Å². The average molecular weight is 804 g/mol. The van der Waals surface area contributed by atoms with Gasteiger partial charge in [-0.1, -0.05) is 194 Å². The fourth-order valence-electron chi connectivity index (χ4n) is 10.2. The molecule has 0 amide bonds. The van der Waals surface area contributed by atoms with Crippen molar-refractivity contribution in [3.05, 3.63) is 271 Å². The first-order chi connectivity index (χ1) is 31.2. The third kappa shape index (κ3) is 6.02. The van der Waals surface area contributed by atoms with Crippen molar-refractivity contribution in [3.63, 3.8) is 0 Å². The maximum Gasteiger partial charge on any atom is 0.136 e. The molecule has 0 spiro atoms. The number of nitrogens with zero attached hydrogens (tertiary/aromatic N) is 1. The first kappa shape index (κ1) is 36.6. The molecule has 63 heavy (non-hydrogen) atoms. The highest BCUT2D eigenvalue weighted by molar-refractivity contribution is 6.12. The molecule has 1 aromatic heterocycles. The van der Waals surface area contributed by atoms with Crippen molar-refractivity contribution < 1.29 is 4.42 Å². The summed E-state index contributed by atoms with van der Waals surface area (Å²) in [6.45, 7) is 0. The Labute approximate surface area is 367 Å². The summed E-state index contributed by atoms with van der Waals surface area (Å²) in [6.07, 6.45) is 0. The number of furan rings is 1. The van der Waals surface area contributed by atoms with Gasteiger partial charge in [-0.3, -0.25) is 0 Å². The van der Waals surface area contributed by atoms with Crippen molar-refractivity contribution in [2.75, 3.05) is 4.90 Å². The number of hydrogen-bond acceptors (Lipinski definition) is 2. The smallest absolute Gasteiger partial charge is 0.136 e. The second-order valence-corrected chi connectivity index (χ2v) is 16.4. The summed E-state index contributed by atoms with van der Waals surface area (Å²) >= 11 is 0. The molecule has 1 aliphatic rings. The number of benzene rings is 10. The van der Waals surface area contributed by atoms with Gasteiger partial charge in [-0.2, -0.15) is 0 Å². The lowest BCUT2D eigenvalue weighted by Crippen LogP contribution is -2.28. The van der Waals surface area contributed by atoms with Gasteiger partial charge in [0.25, 0.3) is 0 Å². The predicted molar refractivity (Wildman–Crippen MR) is 262 cm³/mol. The molecule has 12 rings (SSSR count). The Hall–Kier alpha value is -8.20. The molecule has 0 radical (unpaired) electrons. The van der Waals surface area contributed by atoms with E-state index < -0.39 is 5.41 Å². The largest absolute Gasteiger partial charge is 0.456 e. The van der Waals surface area contributed by atoms with Crippen LogP contribution < -0.4 is 4.90 Å². The summed E-state index contributed by atoms with van der Waals surface area (Å²) in [5.74, 6) is 0. The third-order valence-corrected chi connectivity index (χ3v) is 12.9. The standard InChI is InChI=1S/C61H41NO/c1-4-17-42(18-5-1)43-33-36-49(37-34-43)62(51-26-15-20-46(40-51)52-29-16-32-59-60(52)54-28-11-13-31-58(54)63-59)50-25-14-19-44(39-50)45-35-38-57-55(41-45)53-27-10-12-30-56(53)61(57,47-21-6-2-7-22-47)48-23-8-3-9-24-48/h1-41H. The highest BCUT2D eigenvalue weighted by Crippen LogP contribution is 2.56.